The molecule has 2 rings (SSSR count). The third-order valence-corrected chi connectivity index (χ3v) is 3.13. The minimum atomic E-state index is -0.491. The predicted molar refractivity (Wildman–Crippen MR) is 90.1 cm³/mol. The van der Waals surface area contributed by atoms with E-state index in [1.54, 1.807) is 6.20 Å². The van der Waals surface area contributed by atoms with Crippen LogP contribution >= 0.6 is 0 Å². The van der Waals surface area contributed by atoms with Crippen molar-refractivity contribution in [3.63, 3.8) is 0 Å². The quantitative estimate of drug-likeness (QED) is 0.889. The normalized spacial score (nSPS) is 11.1. The number of rotatable bonds is 5. The Morgan fingerprint density at radius 1 is 1.30 bits per heavy atom. The van der Waals surface area contributed by atoms with E-state index in [1.807, 2.05) is 62.8 Å². The van der Waals surface area contributed by atoms with Crippen molar-refractivity contribution in [2.24, 2.45) is 7.05 Å². The van der Waals surface area contributed by atoms with Crippen LogP contribution in [-0.2, 0) is 24.9 Å². The van der Waals surface area contributed by atoms with Crippen LogP contribution in [0.15, 0.2) is 36.7 Å². The molecule has 1 aromatic carbocycles. The summed E-state index contributed by atoms with van der Waals surface area (Å²) in [6.45, 7) is 6.59. The largest absolute Gasteiger partial charge is 0.444 e. The van der Waals surface area contributed by atoms with Crippen LogP contribution in [0.1, 0.15) is 32.2 Å². The maximum absolute atomic E-state index is 11.7. The summed E-state index contributed by atoms with van der Waals surface area (Å²) in [4.78, 5) is 15.9. The summed E-state index contributed by atoms with van der Waals surface area (Å²) in [5.74, 6) is 0.960. The second kappa shape index (κ2) is 7.17. The van der Waals surface area contributed by atoms with E-state index in [2.05, 4.69) is 15.6 Å². The number of imidazole rings is 1. The minimum absolute atomic E-state index is 0.413. The van der Waals surface area contributed by atoms with Crippen molar-refractivity contribution in [2.75, 3.05) is 5.32 Å². The molecule has 0 fully saturated rings. The first-order chi connectivity index (χ1) is 10.8. The first-order valence-corrected chi connectivity index (χ1v) is 7.59. The number of carbonyl (C=O) groups excluding carboxylic acids is 1. The van der Waals surface area contributed by atoms with Gasteiger partial charge >= 0.3 is 6.09 Å². The van der Waals surface area contributed by atoms with Gasteiger partial charge in [0.2, 0.25) is 0 Å². The van der Waals surface area contributed by atoms with Crippen molar-refractivity contribution in [1.82, 2.24) is 14.9 Å². The third-order valence-electron chi connectivity index (χ3n) is 3.13. The number of aromatic nitrogens is 2. The first kappa shape index (κ1) is 16.9. The van der Waals surface area contributed by atoms with Gasteiger partial charge in [0.1, 0.15) is 11.4 Å². The molecule has 1 aromatic heterocycles. The molecule has 0 bridgehead atoms. The van der Waals surface area contributed by atoms with Gasteiger partial charge in [0.25, 0.3) is 0 Å². The van der Waals surface area contributed by atoms with Crippen LogP contribution in [0.4, 0.5) is 10.5 Å². The summed E-state index contributed by atoms with van der Waals surface area (Å²) in [5, 5.41) is 6.08. The van der Waals surface area contributed by atoms with Crippen molar-refractivity contribution in [2.45, 2.75) is 39.5 Å². The molecule has 0 saturated carbocycles. The Morgan fingerprint density at radius 2 is 2.09 bits per heavy atom. The number of alkyl carbamates (subject to hydrolysis) is 1. The van der Waals surface area contributed by atoms with E-state index in [-0.39, 0.29) is 0 Å². The maximum Gasteiger partial charge on any atom is 0.407 e. The topological polar surface area (TPSA) is 68.2 Å². The molecule has 2 N–H and O–H groups in total. The lowest BCUT2D eigenvalue weighted by Gasteiger charge is -2.19. The number of anilines is 1. The average molecular weight is 316 g/mol. The number of ether oxygens (including phenoxy) is 1. The van der Waals surface area contributed by atoms with Crippen molar-refractivity contribution < 1.29 is 9.53 Å². The number of amides is 1. The summed E-state index contributed by atoms with van der Waals surface area (Å²) < 4.78 is 7.20. The van der Waals surface area contributed by atoms with E-state index < -0.39 is 11.7 Å². The molecule has 0 saturated heterocycles. The van der Waals surface area contributed by atoms with Crippen LogP contribution < -0.4 is 10.6 Å². The zero-order valence-corrected chi connectivity index (χ0v) is 14.1. The number of benzene rings is 1. The molecule has 6 heteroatoms. The van der Waals surface area contributed by atoms with Gasteiger partial charge < -0.3 is 19.9 Å². The molecular weight excluding hydrogens is 292 g/mol. The van der Waals surface area contributed by atoms with E-state index in [9.17, 15) is 4.79 Å². The molecule has 0 aliphatic carbocycles. The molecule has 124 valence electrons. The lowest BCUT2D eigenvalue weighted by Crippen LogP contribution is -2.32. The number of nitrogens with one attached hydrogen (secondary N) is 2. The summed E-state index contributed by atoms with van der Waals surface area (Å²) in [5.41, 5.74) is 1.49. The van der Waals surface area contributed by atoms with Crippen LogP contribution in [0.3, 0.4) is 0 Å². The lowest BCUT2D eigenvalue weighted by atomic mass is 10.2. The SMILES string of the molecule is Cn1ccnc1CNc1cccc(CNC(=O)OC(C)(C)C)c1. The first-order valence-electron chi connectivity index (χ1n) is 7.59. The Morgan fingerprint density at radius 3 is 2.74 bits per heavy atom. The second-order valence-electron chi connectivity index (χ2n) is 6.36. The van der Waals surface area contributed by atoms with Gasteiger partial charge in [-0.15, -0.1) is 0 Å². The van der Waals surface area contributed by atoms with E-state index in [1.165, 1.54) is 0 Å². The lowest BCUT2D eigenvalue weighted by molar-refractivity contribution is 0.0523. The molecule has 1 amide bonds. The van der Waals surface area contributed by atoms with Crippen LogP contribution in [0, 0.1) is 0 Å². The van der Waals surface area contributed by atoms with Crippen LogP contribution in [0.25, 0.3) is 0 Å². The summed E-state index contributed by atoms with van der Waals surface area (Å²) >= 11 is 0. The smallest absolute Gasteiger partial charge is 0.407 e. The molecule has 6 nitrogen and oxygen atoms in total. The monoisotopic (exact) mass is 316 g/mol. The van der Waals surface area contributed by atoms with Gasteiger partial charge in [-0.3, -0.25) is 0 Å². The number of hydrogen-bond acceptors (Lipinski definition) is 4. The number of aryl methyl sites for hydroxylation is 1. The van der Waals surface area contributed by atoms with E-state index in [4.69, 9.17) is 4.74 Å². The molecule has 0 radical (unpaired) electrons. The van der Waals surface area contributed by atoms with Gasteiger partial charge in [0, 0.05) is 31.7 Å². The minimum Gasteiger partial charge on any atom is -0.444 e. The van der Waals surface area contributed by atoms with Gasteiger partial charge in [0.15, 0.2) is 0 Å². The van der Waals surface area contributed by atoms with Crippen molar-refractivity contribution in [3.8, 4) is 0 Å². The van der Waals surface area contributed by atoms with Crippen molar-refractivity contribution in [3.05, 3.63) is 48.0 Å². The molecule has 23 heavy (non-hydrogen) atoms. The molecule has 0 aliphatic heterocycles. The van der Waals surface area contributed by atoms with Crippen molar-refractivity contribution >= 4 is 11.8 Å². The molecule has 0 unspecified atom stereocenters. The number of nitrogens with zero attached hydrogens (tertiary/aromatic N) is 2. The molecule has 0 spiro atoms. The molecule has 0 aliphatic rings. The van der Waals surface area contributed by atoms with E-state index in [0.717, 1.165) is 17.1 Å². The van der Waals surface area contributed by atoms with E-state index in [0.29, 0.717) is 13.1 Å². The van der Waals surface area contributed by atoms with Gasteiger partial charge in [-0.2, -0.15) is 0 Å². The zero-order valence-electron chi connectivity index (χ0n) is 14.1. The van der Waals surface area contributed by atoms with Crippen LogP contribution in [-0.4, -0.2) is 21.2 Å². The Labute approximate surface area is 136 Å². The standard InChI is InChI=1S/C17H24N4O2/c1-17(2,3)23-16(22)20-11-13-6-5-7-14(10-13)19-12-15-18-8-9-21(15)4/h5-10,19H,11-12H2,1-4H3,(H,20,22). The third kappa shape index (κ3) is 5.65. The molecule has 2 aromatic rings. The highest BCUT2D eigenvalue weighted by Crippen LogP contribution is 2.12. The number of carbonyl (C=O) groups is 1. The predicted octanol–water partition coefficient (Wildman–Crippen LogP) is 3.06. The number of hydrogen-bond donors (Lipinski definition) is 2. The van der Waals surface area contributed by atoms with Gasteiger partial charge in [-0.1, -0.05) is 12.1 Å². The van der Waals surface area contributed by atoms with Gasteiger partial charge in [-0.25, -0.2) is 9.78 Å². The Hall–Kier alpha value is -2.50. The summed E-state index contributed by atoms with van der Waals surface area (Å²) in [6, 6.07) is 7.90. The van der Waals surface area contributed by atoms with Crippen molar-refractivity contribution in [1.29, 1.82) is 0 Å². The zero-order chi connectivity index (χ0) is 16.9. The van der Waals surface area contributed by atoms with E-state index >= 15 is 0 Å². The average Bonchev–Trinajstić information content (AvgIpc) is 2.87. The second-order valence-corrected chi connectivity index (χ2v) is 6.36. The Bertz CT molecular complexity index is 659. The van der Waals surface area contributed by atoms with Crippen LogP contribution in [0.2, 0.25) is 0 Å². The van der Waals surface area contributed by atoms with Gasteiger partial charge in [-0.05, 0) is 38.5 Å². The fourth-order valence-electron chi connectivity index (χ4n) is 2.03. The fraction of sp³-hybridized carbons (Fsp3) is 0.412. The summed E-state index contributed by atoms with van der Waals surface area (Å²) in [6.07, 6.45) is 3.28. The maximum atomic E-state index is 11.7. The molecule has 1 heterocycles. The summed E-state index contributed by atoms with van der Waals surface area (Å²) in [7, 11) is 1.96. The highest BCUT2D eigenvalue weighted by molar-refractivity contribution is 5.67. The highest BCUT2D eigenvalue weighted by Gasteiger charge is 2.15. The molecular formula is C17H24N4O2. The Kier molecular flexibility index (Phi) is 5.26. The Balaban J connectivity index is 1.87. The van der Waals surface area contributed by atoms with Gasteiger partial charge in [0.05, 0.1) is 6.54 Å². The van der Waals surface area contributed by atoms with Crippen LogP contribution in [0.5, 0.6) is 0 Å². The fourth-order valence-corrected chi connectivity index (χ4v) is 2.03. The highest BCUT2D eigenvalue weighted by atomic mass is 16.6. The molecule has 0 atom stereocenters.